The van der Waals surface area contributed by atoms with Crippen LogP contribution in [0.25, 0.3) is 11.3 Å². The van der Waals surface area contributed by atoms with E-state index < -0.39 is 0 Å². The minimum atomic E-state index is 0.102. The first kappa shape index (κ1) is 9.86. The van der Waals surface area contributed by atoms with Crippen LogP contribution in [0.2, 0.25) is 5.02 Å². The maximum atomic E-state index is 9.70. The van der Waals surface area contributed by atoms with Crippen molar-refractivity contribution in [3.8, 4) is 17.0 Å². The lowest BCUT2D eigenvalue weighted by molar-refractivity contribution is 0.437. The number of rotatable bonds is 1. The first-order valence-electron chi connectivity index (χ1n) is 4.29. The van der Waals surface area contributed by atoms with Gasteiger partial charge in [0.2, 0.25) is 5.88 Å². The van der Waals surface area contributed by atoms with E-state index in [0.717, 1.165) is 5.56 Å². The Morgan fingerprint density at radius 3 is 2.73 bits per heavy atom. The summed E-state index contributed by atoms with van der Waals surface area (Å²) in [5, 5.41) is 14.0. The molecule has 3 N–H and O–H groups in total. The Hall–Kier alpha value is -1.68. The molecule has 0 spiro atoms. The molecule has 0 amide bonds. The van der Waals surface area contributed by atoms with Gasteiger partial charge in [0.25, 0.3) is 0 Å². The highest BCUT2D eigenvalue weighted by Crippen LogP contribution is 2.33. The van der Waals surface area contributed by atoms with Gasteiger partial charge in [-0.1, -0.05) is 16.8 Å². The number of nitrogens with two attached hydrogens (primary N) is 1. The summed E-state index contributed by atoms with van der Waals surface area (Å²) in [5.41, 5.74) is 7.16. The second-order valence-electron chi connectivity index (χ2n) is 3.23. The van der Waals surface area contributed by atoms with Crippen molar-refractivity contribution in [1.29, 1.82) is 0 Å². The molecule has 1 aromatic heterocycles. The van der Waals surface area contributed by atoms with Crippen LogP contribution < -0.4 is 5.73 Å². The molecule has 2 aromatic rings. The van der Waals surface area contributed by atoms with Gasteiger partial charge in [0.15, 0.2) is 0 Å². The van der Waals surface area contributed by atoms with Crippen LogP contribution >= 0.6 is 11.6 Å². The number of nitrogen functional groups attached to an aromatic ring is 1. The Morgan fingerprint density at radius 1 is 1.40 bits per heavy atom. The van der Waals surface area contributed by atoms with Gasteiger partial charge in [-0.3, -0.25) is 0 Å². The topological polar surface area (TPSA) is 72.3 Å². The number of halogens is 1. The van der Waals surface area contributed by atoms with Crippen molar-refractivity contribution in [2.24, 2.45) is 0 Å². The summed E-state index contributed by atoms with van der Waals surface area (Å²) in [7, 11) is 0. The molecule has 0 radical (unpaired) electrons. The van der Waals surface area contributed by atoms with Crippen LogP contribution in [0.1, 0.15) is 5.56 Å². The summed E-state index contributed by atoms with van der Waals surface area (Å²) in [6.45, 7) is 1.81. The van der Waals surface area contributed by atoms with Crippen LogP contribution in [0.5, 0.6) is 5.75 Å². The summed E-state index contributed by atoms with van der Waals surface area (Å²) in [6.07, 6.45) is 0. The summed E-state index contributed by atoms with van der Waals surface area (Å²) >= 11 is 5.94. The highest BCUT2D eigenvalue weighted by atomic mass is 35.5. The summed E-state index contributed by atoms with van der Waals surface area (Å²) in [5.74, 6) is 0.297. The van der Waals surface area contributed by atoms with E-state index in [-0.39, 0.29) is 11.6 Å². The van der Waals surface area contributed by atoms with Crippen molar-refractivity contribution in [3.63, 3.8) is 0 Å². The molecule has 4 nitrogen and oxygen atoms in total. The van der Waals surface area contributed by atoms with Crippen LogP contribution in [0, 0.1) is 6.92 Å². The van der Waals surface area contributed by atoms with Gasteiger partial charge in [-0.25, -0.2) is 0 Å². The van der Waals surface area contributed by atoms with Gasteiger partial charge >= 0.3 is 0 Å². The molecule has 0 unspecified atom stereocenters. The van der Waals surface area contributed by atoms with E-state index in [9.17, 15) is 5.11 Å². The summed E-state index contributed by atoms with van der Waals surface area (Å²) in [4.78, 5) is 0. The Morgan fingerprint density at radius 2 is 2.13 bits per heavy atom. The Labute approximate surface area is 91.3 Å². The number of anilines is 1. The average Bonchev–Trinajstić information content (AvgIpc) is 2.58. The lowest BCUT2D eigenvalue weighted by Gasteiger charge is -2.03. The third-order valence-corrected chi connectivity index (χ3v) is 2.49. The number of hydrogen-bond donors (Lipinski definition) is 2. The minimum Gasteiger partial charge on any atom is -0.507 e. The Balaban J connectivity index is 2.58. The number of aryl methyl sites for hydroxylation is 1. The summed E-state index contributed by atoms with van der Waals surface area (Å²) in [6, 6.07) is 4.73. The summed E-state index contributed by atoms with van der Waals surface area (Å²) < 4.78 is 4.72. The SMILES string of the molecule is Cc1cc(O)c(-c2cc(N)on2)cc1Cl. The normalized spacial score (nSPS) is 10.5. The zero-order chi connectivity index (χ0) is 11.0. The minimum absolute atomic E-state index is 0.102. The molecule has 0 saturated heterocycles. The van der Waals surface area contributed by atoms with Crippen LogP contribution in [0.15, 0.2) is 22.7 Å². The zero-order valence-corrected chi connectivity index (χ0v) is 8.75. The predicted molar refractivity (Wildman–Crippen MR) is 57.8 cm³/mol. The van der Waals surface area contributed by atoms with Gasteiger partial charge in [0.05, 0.1) is 0 Å². The highest BCUT2D eigenvalue weighted by molar-refractivity contribution is 6.31. The number of phenolic OH excluding ortho intramolecular Hbond substituents is 1. The zero-order valence-electron chi connectivity index (χ0n) is 7.99. The van der Waals surface area contributed by atoms with E-state index in [1.165, 1.54) is 6.07 Å². The molecule has 0 bridgehead atoms. The lowest BCUT2D eigenvalue weighted by atomic mass is 10.1. The number of aromatic nitrogens is 1. The monoisotopic (exact) mass is 224 g/mol. The van der Waals surface area contributed by atoms with Crippen LogP contribution in [0.4, 0.5) is 5.88 Å². The van der Waals surface area contributed by atoms with E-state index in [0.29, 0.717) is 16.3 Å². The van der Waals surface area contributed by atoms with E-state index >= 15 is 0 Å². The maximum absolute atomic E-state index is 9.70. The third-order valence-electron chi connectivity index (χ3n) is 2.08. The fourth-order valence-corrected chi connectivity index (χ4v) is 1.45. The van der Waals surface area contributed by atoms with E-state index in [2.05, 4.69) is 5.16 Å². The Bertz CT molecular complexity index is 508. The highest BCUT2D eigenvalue weighted by Gasteiger charge is 2.11. The van der Waals surface area contributed by atoms with Crippen LogP contribution in [0.3, 0.4) is 0 Å². The van der Waals surface area contributed by atoms with Gasteiger partial charge in [0, 0.05) is 16.7 Å². The van der Waals surface area contributed by atoms with Crippen LogP contribution in [-0.4, -0.2) is 10.3 Å². The molecule has 78 valence electrons. The molecule has 1 heterocycles. The quantitative estimate of drug-likeness (QED) is 0.781. The van der Waals surface area contributed by atoms with Crippen LogP contribution in [-0.2, 0) is 0 Å². The molecule has 0 saturated carbocycles. The largest absolute Gasteiger partial charge is 0.507 e. The fraction of sp³-hybridized carbons (Fsp3) is 0.100. The average molecular weight is 225 g/mol. The molecule has 5 heteroatoms. The third kappa shape index (κ3) is 1.76. The van der Waals surface area contributed by atoms with Crippen molar-refractivity contribution in [3.05, 3.63) is 28.8 Å². The number of phenols is 1. The number of nitrogens with zero attached hydrogens (tertiary/aromatic N) is 1. The molecule has 1 aromatic carbocycles. The van der Waals surface area contributed by atoms with Crippen molar-refractivity contribution in [1.82, 2.24) is 5.16 Å². The standard InChI is InChI=1S/C10H9ClN2O2/c1-5-2-9(14)6(3-7(5)11)8-4-10(12)15-13-8/h2-4,14H,12H2,1H3. The molecule has 0 aliphatic rings. The number of aromatic hydroxyl groups is 1. The second-order valence-corrected chi connectivity index (χ2v) is 3.64. The predicted octanol–water partition coefficient (Wildman–Crippen LogP) is 2.59. The fourth-order valence-electron chi connectivity index (χ4n) is 1.29. The molecule has 0 atom stereocenters. The molecule has 0 fully saturated rings. The molecular weight excluding hydrogens is 216 g/mol. The van der Waals surface area contributed by atoms with Gasteiger partial charge in [0.1, 0.15) is 11.4 Å². The van der Waals surface area contributed by atoms with E-state index in [1.807, 2.05) is 6.92 Å². The maximum Gasteiger partial charge on any atom is 0.222 e. The first-order valence-corrected chi connectivity index (χ1v) is 4.67. The molecule has 0 aliphatic carbocycles. The van der Waals surface area contributed by atoms with Gasteiger partial charge in [-0.05, 0) is 24.6 Å². The van der Waals surface area contributed by atoms with Gasteiger partial charge < -0.3 is 15.4 Å². The second kappa shape index (κ2) is 3.47. The Kier molecular flexibility index (Phi) is 2.28. The smallest absolute Gasteiger partial charge is 0.222 e. The van der Waals surface area contributed by atoms with Crippen molar-refractivity contribution >= 4 is 17.5 Å². The van der Waals surface area contributed by atoms with E-state index in [1.54, 1.807) is 12.1 Å². The lowest BCUT2D eigenvalue weighted by Crippen LogP contribution is -1.82. The van der Waals surface area contributed by atoms with Crippen molar-refractivity contribution in [2.75, 3.05) is 5.73 Å². The number of benzene rings is 1. The first-order chi connectivity index (χ1) is 7.08. The molecule has 0 aliphatic heterocycles. The van der Waals surface area contributed by atoms with Crippen molar-refractivity contribution < 1.29 is 9.63 Å². The van der Waals surface area contributed by atoms with Gasteiger partial charge in [-0.15, -0.1) is 0 Å². The van der Waals surface area contributed by atoms with Gasteiger partial charge in [-0.2, -0.15) is 0 Å². The molecular formula is C10H9ClN2O2. The van der Waals surface area contributed by atoms with E-state index in [4.69, 9.17) is 21.9 Å². The number of hydrogen-bond acceptors (Lipinski definition) is 4. The molecule has 15 heavy (non-hydrogen) atoms. The molecule has 2 rings (SSSR count). The van der Waals surface area contributed by atoms with Crippen molar-refractivity contribution in [2.45, 2.75) is 6.92 Å².